The number of furan rings is 1. The molecule has 8 heteroatoms. The molecule has 0 spiro atoms. The summed E-state index contributed by atoms with van der Waals surface area (Å²) >= 11 is 0. The van der Waals surface area contributed by atoms with Gasteiger partial charge in [-0.2, -0.15) is 0 Å². The van der Waals surface area contributed by atoms with E-state index in [2.05, 4.69) is 20.6 Å². The number of amides is 1. The lowest BCUT2D eigenvalue weighted by molar-refractivity contribution is -0.142. The van der Waals surface area contributed by atoms with Gasteiger partial charge in [0.2, 0.25) is 0 Å². The summed E-state index contributed by atoms with van der Waals surface area (Å²) in [6.07, 6.45) is 2.80. The SMILES string of the molecule is COC(=O)[C@@H](Nc1nc(CNC(=O)c2ccoc2)nc2ccccc12)C(C)C. The predicted octanol–water partition coefficient (Wildman–Crippen LogP) is 2.76. The number of ether oxygens (including phenoxy) is 1. The normalized spacial score (nSPS) is 12.0. The van der Waals surface area contributed by atoms with Crippen LogP contribution < -0.4 is 10.6 Å². The Labute approximate surface area is 162 Å². The molecule has 0 saturated carbocycles. The lowest BCUT2D eigenvalue weighted by atomic mass is 10.0. The molecule has 2 aromatic heterocycles. The highest BCUT2D eigenvalue weighted by Crippen LogP contribution is 2.22. The number of carbonyl (C=O) groups is 2. The van der Waals surface area contributed by atoms with E-state index in [0.29, 0.717) is 22.7 Å². The summed E-state index contributed by atoms with van der Waals surface area (Å²) in [4.78, 5) is 33.3. The number of hydrogen-bond donors (Lipinski definition) is 2. The van der Waals surface area contributed by atoms with Gasteiger partial charge >= 0.3 is 5.97 Å². The van der Waals surface area contributed by atoms with Gasteiger partial charge in [-0.05, 0) is 24.1 Å². The summed E-state index contributed by atoms with van der Waals surface area (Å²) in [7, 11) is 1.36. The molecule has 2 heterocycles. The van der Waals surface area contributed by atoms with Crippen LogP contribution in [0, 0.1) is 5.92 Å². The number of anilines is 1. The van der Waals surface area contributed by atoms with E-state index in [1.54, 1.807) is 6.07 Å². The van der Waals surface area contributed by atoms with Crippen molar-refractivity contribution >= 4 is 28.6 Å². The van der Waals surface area contributed by atoms with E-state index in [9.17, 15) is 9.59 Å². The van der Waals surface area contributed by atoms with Crippen molar-refractivity contribution in [2.45, 2.75) is 26.4 Å². The van der Waals surface area contributed by atoms with E-state index in [4.69, 9.17) is 9.15 Å². The lowest BCUT2D eigenvalue weighted by Crippen LogP contribution is -2.36. The van der Waals surface area contributed by atoms with Crippen LogP contribution in [0.3, 0.4) is 0 Å². The van der Waals surface area contributed by atoms with Crippen LogP contribution in [0.25, 0.3) is 10.9 Å². The fourth-order valence-corrected chi connectivity index (χ4v) is 2.74. The predicted molar refractivity (Wildman–Crippen MR) is 104 cm³/mol. The molecule has 3 aromatic rings. The number of benzene rings is 1. The van der Waals surface area contributed by atoms with Gasteiger partial charge in [-0.1, -0.05) is 26.0 Å². The molecule has 1 atom stereocenters. The largest absolute Gasteiger partial charge is 0.472 e. The van der Waals surface area contributed by atoms with Crippen molar-refractivity contribution < 1.29 is 18.7 Å². The van der Waals surface area contributed by atoms with Crippen LogP contribution >= 0.6 is 0 Å². The van der Waals surface area contributed by atoms with Gasteiger partial charge in [0.15, 0.2) is 5.82 Å². The smallest absolute Gasteiger partial charge is 0.328 e. The van der Waals surface area contributed by atoms with Crippen molar-refractivity contribution in [3.05, 3.63) is 54.2 Å². The Morgan fingerprint density at radius 1 is 1.18 bits per heavy atom. The molecular weight excluding hydrogens is 360 g/mol. The van der Waals surface area contributed by atoms with E-state index in [1.165, 1.54) is 19.6 Å². The van der Waals surface area contributed by atoms with Crippen molar-refractivity contribution in [3.8, 4) is 0 Å². The number of aromatic nitrogens is 2. The van der Waals surface area contributed by atoms with E-state index in [1.807, 2.05) is 38.1 Å². The molecule has 0 unspecified atom stereocenters. The average Bonchev–Trinajstić information content (AvgIpc) is 3.24. The first-order valence-electron chi connectivity index (χ1n) is 8.90. The molecule has 146 valence electrons. The van der Waals surface area contributed by atoms with Crippen LogP contribution in [0.4, 0.5) is 5.82 Å². The highest BCUT2D eigenvalue weighted by atomic mass is 16.5. The molecule has 1 amide bonds. The van der Waals surface area contributed by atoms with E-state index in [-0.39, 0.29) is 24.3 Å². The number of nitrogens with one attached hydrogen (secondary N) is 2. The summed E-state index contributed by atoms with van der Waals surface area (Å²) in [6.45, 7) is 3.97. The zero-order valence-corrected chi connectivity index (χ0v) is 15.9. The summed E-state index contributed by atoms with van der Waals surface area (Å²) in [5.74, 6) is 0.278. The first-order valence-corrected chi connectivity index (χ1v) is 8.90. The van der Waals surface area contributed by atoms with Crippen molar-refractivity contribution in [2.75, 3.05) is 12.4 Å². The molecule has 0 aliphatic heterocycles. The molecule has 0 aliphatic carbocycles. The first-order chi connectivity index (χ1) is 13.5. The van der Waals surface area contributed by atoms with Gasteiger partial charge < -0.3 is 19.8 Å². The highest BCUT2D eigenvalue weighted by Gasteiger charge is 2.24. The van der Waals surface area contributed by atoms with Crippen molar-refractivity contribution in [1.29, 1.82) is 0 Å². The van der Waals surface area contributed by atoms with Gasteiger partial charge in [-0.15, -0.1) is 0 Å². The standard InChI is InChI=1S/C20H22N4O4/c1-12(2)17(20(26)27-3)24-18-14-6-4-5-7-15(14)22-16(23-18)10-21-19(25)13-8-9-28-11-13/h4-9,11-12,17H,10H2,1-3H3,(H,21,25)(H,22,23,24)/t17-/m0/s1. The zero-order valence-electron chi connectivity index (χ0n) is 15.9. The van der Waals surface area contributed by atoms with Crippen LogP contribution in [-0.4, -0.2) is 35.0 Å². The summed E-state index contributed by atoms with van der Waals surface area (Å²) < 4.78 is 9.82. The van der Waals surface area contributed by atoms with Crippen LogP contribution in [0.5, 0.6) is 0 Å². The fraction of sp³-hybridized carbons (Fsp3) is 0.300. The van der Waals surface area contributed by atoms with Gasteiger partial charge in [0, 0.05) is 5.39 Å². The van der Waals surface area contributed by atoms with Crippen LogP contribution in [0.1, 0.15) is 30.0 Å². The van der Waals surface area contributed by atoms with Crippen LogP contribution in [-0.2, 0) is 16.1 Å². The molecule has 8 nitrogen and oxygen atoms in total. The molecule has 0 radical (unpaired) electrons. The second-order valence-electron chi connectivity index (χ2n) is 6.59. The Morgan fingerprint density at radius 3 is 2.64 bits per heavy atom. The third-order valence-corrected chi connectivity index (χ3v) is 4.25. The number of carbonyl (C=O) groups excluding carboxylic acids is 2. The van der Waals surface area contributed by atoms with Crippen LogP contribution in [0.2, 0.25) is 0 Å². The minimum Gasteiger partial charge on any atom is -0.472 e. The zero-order chi connectivity index (χ0) is 20.1. The molecule has 0 aliphatic rings. The second kappa shape index (κ2) is 8.51. The fourth-order valence-electron chi connectivity index (χ4n) is 2.74. The lowest BCUT2D eigenvalue weighted by Gasteiger charge is -2.21. The summed E-state index contributed by atoms with van der Waals surface area (Å²) in [5.41, 5.74) is 1.13. The maximum Gasteiger partial charge on any atom is 0.328 e. The number of nitrogens with zero attached hydrogens (tertiary/aromatic N) is 2. The average molecular weight is 382 g/mol. The Hall–Kier alpha value is -3.42. The van der Waals surface area contributed by atoms with Crippen molar-refractivity contribution in [1.82, 2.24) is 15.3 Å². The maximum atomic E-state index is 12.1. The van der Waals surface area contributed by atoms with Gasteiger partial charge in [0.05, 0.1) is 31.0 Å². The number of para-hydroxylation sites is 1. The molecule has 28 heavy (non-hydrogen) atoms. The van der Waals surface area contributed by atoms with Gasteiger partial charge in [0.25, 0.3) is 5.91 Å². The monoisotopic (exact) mass is 382 g/mol. The third-order valence-electron chi connectivity index (χ3n) is 4.25. The first kappa shape index (κ1) is 19.3. The molecule has 3 rings (SSSR count). The highest BCUT2D eigenvalue weighted by molar-refractivity contribution is 5.94. The number of methoxy groups -OCH3 is 1. The minimum atomic E-state index is -0.559. The van der Waals surface area contributed by atoms with Crippen LogP contribution in [0.15, 0.2) is 47.3 Å². The number of hydrogen-bond acceptors (Lipinski definition) is 7. The number of esters is 1. The van der Waals surface area contributed by atoms with E-state index in [0.717, 1.165) is 5.39 Å². The van der Waals surface area contributed by atoms with Gasteiger partial charge in [-0.3, -0.25) is 4.79 Å². The second-order valence-corrected chi connectivity index (χ2v) is 6.59. The Bertz CT molecular complexity index is 970. The molecule has 2 N–H and O–H groups in total. The molecular formula is C20H22N4O4. The maximum absolute atomic E-state index is 12.1. The molecule has 0 saturated heterocycles. The molecule has 0 fully saturated rings. The topological polar surface area (TPSA) is 106 Å². The third kappa shape index (κ3) is 4.28. The minimum absolute atomic E-state index is 0.00887. The summed E-state index contributed by atoms with van der Waals surface area (Å²) in [6, 6.07) is 8.49. The van der Waals surface area contributed by atoms with E-state index >= 15 is 0 Å². The Kier molecular flexibility index (Phi) is 5.88. The van der Waals surface area contributed by atoms with Gasteiger partial charge in [-0.25, -0.2) is 14.8 Å². The Balaban J connectivity index is 1.88. The Morgan fingerprint density at radius 2 is 1.96 bits per heavy atom. The quantitative estimate of drug-likeness (QED) is 0.605. The van der Waals surface area contributed by atoms with Gasteiger partial charge in [0.1, 0.15) is 18.1 Å². The van der Waals surface area contributed by atoms with E-state index < -0.39 is 6.04 Å². The molecule has 0 bridgehead atoms. The number of fused-ring (bicyclic) bond motifs is 1. The number of rotatable bonds is 7. The summed E-state index contributed by atoms with van der Waals surface area (Å²) in [5, 5.41) is 6.71. The van der Waals surface area contributed by atoms with Crippen molar-refractivity contribution in [3.63, 3.8) is 0 Å². The molecule has 1 aromatic carbocycles. The van der Waals surface area contributed by atoms with Crippen molar-refractivity contribution in [2.24, 2.45) is 5.92 Å².